The Morgan fingerprint density at radius 2 is 1.96 bits per heavy atom. The van der Waals surface area contributed by atoms with E-state index in [1.165, 1.54) is 29.5 Å². The van der Waals surface area contributed by atoms with Crippen LogP contribution in [0.25, 0.3) is 10.1 Å². The van der Waals surface area contributed by atoms with Crippen molar-refractivity contribution >= 4 is 54.5 Å². The first kappa shape index (κ1) is 17.7. The van der Waals surface area contributed by atoms with Crippen molar-refractivity contribution in [2.45, 2.75) is 4.90 Å². The minimum atomic E-state index is -3.43. The van der Waals surface area contributed by atoms with Crippen molar-refractivity contribution in [2.75, 3.05) is 18.7 Å². The van der Waals surface area contributed by atoms with Crippen molar-refractivity contribution < 1.29 is 17.9 Å². The van der Waals surface area contributed by atoms with E-state index in [1.807, 2.05) is 18.2 Å². The highest BCUT2D eigenvalue weighted by atomic mass is 35.5. The number of thiophene rings is 1. The molecule has 3 aromatic rings. The van der Waals surface area contributed by atoms with Crippen LogP contribution in [0.1, 0.15) is 9.67 Å². The standard InChI is InChI=1S/C17H14ClNO4S2/c1-23-14-4-3-5-15-13(14)9-16(24-15)17(20)19-11-6-10(18)7-12(8-11)25(2,21)22/h3-9H,1-2H3,(H,19,20). The van der Waals surface area contributed by atoms with E-state index in [0.29, 0.717) is 16.3 Å². The summed E-state index contributed by atoms with van der Waals surface area (Å²) in [6.45, 7) is 0. The highest BCUT2D eigenvalue weighted by Crippen LogP contribution is 2.33. The number of carbonyl (C=O) groups is 1. The minimum Gasteiger partial charge on any atom is -0.496 e. The summed E-state index contributed by atoms with van der Waals surface area (Å²) in [5, 5.41) is 3.77. The first-order chi connectivity index (χ1) is 11.8. The number of hydrogen-bond donors (Lipinski definition) is 1. The van der Waals surface area contributed by atoms with Gasteiger partial charge in [0.15, 0.2) is 9.84 Å². The molecule has 2 aromatic carbocycles. The summed E-state index contributed by atoms with van der Waals surface area (Å²) in [6, 6.07) is 11.6. The lowest BCUT2D eigenvalue weighted by Crippen LogP contribution is -2.10. The Morgan fingerprint density at radius 3 is 2.64 bits per heavy atom. The molecule has 0 fully saturated rings. The van der Waals surface area contributed by atoms with Gasteiger partial charge >= 0.3 is 0 Å². The molecular formula is C17H14ClNO4S2. The van der Waals surface area contributed by atoms with Crippen LogP contribution in [0.3, 0.4) is 0 Å². The molecule has 0 saturated carbocycles. The summed E-state index contributed by atoms with van der Waals surface area (Å²) >= 11 is 7.28. The molecule has 1 N–H and O–H groups in total. The zero-order valence-electron chi connectivity index (χ0n) is 13.4. The van der Waals surface area contributed by atoms with Gasteiger partial charge in [0.2, 0.25) is 0 Å². The molecule has 25 heavy (non-hydrogen) atoms. The molecule has 5 nitrogen and oxygen atoms in total. The van der Waals surface area contributed by atoms with Crippen LogP contribution in [0, 0.1) is 0 Å². The van der Waals surface area contributed by atoms with E-state index in [4.69, 9.17) is 16.3 Å². The summed E-state index contributed by atoms with van der Waals surface area (Å²) in [5.74, 6) is 0.347. The van der Waals surface area contributed by atoms with Crippen molar-refractivity contribution in [2.24, 2.45) is 0 Å². The Balaban J connectivity index is 1.94. The number of halogens is 1. The summed E-state index contributed by atoms with van der Waals surface area (Å²) in [4.78, 5) is 13.1. The zero-order valence-corrected chi connectivity index (χ0v) is 15.8. The molecule has 130 valence electrons. The number of rotatable bonds is 4. The lowest BCUT2D eigenvalue weighted by molar-refractivity contribution is 0.103. The number of sulfone groups is 1. The molecular weight excluding hydrogens is 382 g/mol. The van der Waals surface area contributed by atoms with Gasteiger partial charge < -0.3 is 10.1 Å². The molecule has 3 rings (SSSR count). The molecule has 1 aromatic heterocycles. The fraction of sp³-hybridized carbons (Fsp3) is 0.118. The van der Waals surface area contributed by atoms with Crippen LogP contribution in [0.2, 0.25) is 5.02 Å². The molecule has 0 atom stereocenters. The van der Waals surface area contributed by atoms with Gasteiger partial charge in [-0.05, 0) is 36.4 Å². The Labute approximate surface area is 154 Å². The van der Waals surface area contributed by atoms with E-state index in [9.17, 15) is 13.2 Å². The largest absolute Gasteiger partial charge is 0.496 e. The van der Waals surface area contributed by atoms with Crippen LogP contribution >= 0.6 is 22.9 Å². The second-order valence-corrected chi connectivity index (χ2v) is 8.92. The van der Waals surface area contributed by atoms with Crippen molar-refractivity contribution in [3.8, 4) is 5.75 Å². The Bertz CT molecular complexity index is 1070. The summed E-state index contributed by atoms with van der Waals surface area (Å²) in [6.07, 6.45) is 1.09. The fourth-order valence-electron chi connectivity index (χ4n) is 2.37. The Kier molecular flexibility index (Phi) is 4.73. The Hall–Kier alpha value is -2.09. The van der Waals surface area contributed by atoms with Crippen molar-refractivity contribution in [1.29, 1.82) is 0 Å². The van der Waals surface area contributed by atoms with E-state index in [1.54, 1.807) is 13.2 Å². The van der Waals surface area contributed by atoms with Crippen molar-refractivity contribution in [3.05, 3.63) is 52.4 Å². The maximum absolute atomic E-state index is 12.5. The summed E-state index contributed by atoms with van der Waals surface area (Å²) in [7, 11) is -1.85. The maximum atomic E-state index is 12.5. The highest BCUT2D eigenvalue weighted by molar-refractivity contribution is 7.90. The van der Waals surface area contributed by atoms with Crippen LogP contribution in [0.15, 0.2) is 47.4 Å². The average Bonchev–Trinajstić information content (AvgIpc) is 2.97. The summed E-state index contributed by atoms with van der Waals surface area (Å²) < 4.78 is 29.6. The van der Waals surface area contributed by atoms with Crippen LogP contribution in [0.4, 0.5) is 5.69 Å². The molecule has 0 unspecified atom stereocenters. The first-order valence-electron chi connectivity index (χ1n) is 7.16. The van der Waals surface area contributed by atoms with Crippen LogP contribution in [0.5, 0.6) is 5.75 Å². The number of amides is 1. The molecule has 1 amide bonds. The van der Waals surface area contributed by atoms with E-state index in [0.717, 1.165) is 16.3 Å². The van der Waals surface area contributed by atoms with Gasteiger partial charge in [-0.25, -0.2) is 8.42 Å². The smallest absolute Gasteiger partial charge is 0.265 e. The topological polar surface area (TPSA) is 72.5 Å². The highest BCUT2D eigenvalue weighted by Gasteiger charge is 2.15. The molecule has 0 aliphatic heterocycles. The number of ether oxygens (including phenoxy) is 1. The van der Waals surface area contributed by atoms with E-state index in [-0.39, 0.29) is 15.8 Å². The third-order valence-electron chi connectivity index (χ3n) is 3.52. The van der Waals surface area contributed by atoms with E-state index < -0.39 is 9.84 Å². The predicted octanol–water partition coefficient (Wildman–Crippen LogP) is 4.22. The summed E-state index contributed by atoms with van der Waals surface area (Å²) in [5.41, 5.74) is 0.322. The number of anilines is 1. The van der Waals surface area contributed by atoms with Crippen molar-refractivity contribution in [3.63, 3.8) is 0 Å². The minimum absolute atomic E-state index is 0.0494. The van der Waals surface area contributed by atoms with Crippen molar-refractivity contribution in [1.82, 2.24) is 0 Å². The molecule has 0 bridgehead atoms. The molecule has 0 radical (unpaired) electrons. The molecule has 0 aliphatic carbocycles. The van der Waals surface area contributed by atoms with E-state index in [2.05, 4.69) is 5.32 Å². The number of fused-ring (bicyclic) bond motifs is 1. The van der Waals surface area contributed by atoms with Gasteiger partial charge in [0, 0.05) is 27.1 Å². The zero-order chi connectivity index (χ0) is 18.2. The van der Waals surface area contributed by atoms with Gasteiger partial charge in [-0.15, -0.1) is 11.3 Å². The van der Waals surface area contributed by atoms with Gasteiger partial charge in [0.25, 0.3) is 5.91 Å². The normalized spacial score (nSPS) is 11.5. The lowest BCUT2D eigenvalue weighted by atomic mass is 10.2. The second kappa shape index (κ2) is 6.67. The lowest BCUT2D eigenvalue weighted by Gasteiger charge is -2.07. The van der Waals surface area contributed by atoms with Gasteiger partial charge in [0.1, 0.15) is 5.75 Å². The van der Waals surface area contributed by atoms with Crippen LogP contribution in [-0.2, 0) is 9.84 Å². The number of benzene rings is 2. The molecule has 0 saturated heterocycles. The molecule has 0 spiro atoms. The number of methoxy groups -OCH3 is 1. The third-order valence-corrected chi connectivity index (χ3v) is 5.93. The first-order valence-corrected chi connectivity index (χ1v) is 10.2. The number of hydrogen-bond acceptors (Lipinski definition) is 5. The van der Waals surface area contributed by atoms with Gasteiger partial charge in [-0.3, -0.25) is 4.79 Å². The number of carbonyl (C=O) groups excluding carboxylic acids is 1. The van der Waals surface area contributed by atoms with Crippen LogP contribution in [-0.4, -0.2) is 27.7 Å². The monoisotopic (exact) mass is 395 g/mol. The quantitative estimate of drug-likeness (QED) is 0.717. The predicted molar refractivity (Wildman–Crippen MR) is 101 cm³/mol. The van der Waals surface area contributed by atoms with Gasteiger partial charge in [-0.1, -0.05) is 17.7 Å². The SMILES string of the molecule is COc1cccc2sc(C(=O)Nc3cc(Cl)cc(S(C)(=O)=O)c3)cc12. The Morgan fingerprint density at radius 1 is 1.20 bits per heavy atom. The molecule has 8 heteroatoms. The second-order valence-electron chi connectivity index (χ2n) is 5.38. The maximum Gasteiger partial charge on any atom is 0.265 e. The van der Waals surface area contributed by atoms with Gasteiger partial charge in [0.05, 0.1) is 16.9 Å². The van der Waals surface area contributed by atoms with Crippen LogP contribution < -0.4 is 10.1 Å². The molecule has 0 aliphatic rings. The van der Waals surface area contributed by atoms with Gasteiger partial charge in [-0.2, -0.15) is 0 Å². The molecule has 1 heterocycles. The van der Waals surface area contributed by atoms with E-state index >= 15 is 0 Å². The fourth-order valence-corrected chi connectivity index (χ4v) is 4.32. The average molecular weight is 396 g/mol. The third kappa shape index (κ3) is 3.78. The number of nitrogens with one attached hydrogen (secondary N) is 1.